The van der Waals surface area contributed by atoms with E-state index < -0.39 is 21.5 Å². The van der Waals surface area contributed by atoms with Crippen LogP contribution in [0.25, 0.3) is 0 Å². The van der Waals surface area contributed by atoms with Crippen LogP contribution in [-0.4, -0.2) is 27.7 Å². The minimum atomic E-state index is -4.19. The third-order valence-electron chi connectivity index (χ3n) is 1.25. The van der Waals surface area contributed by atoms with E-state index in [1.165, 1.54) is 0 Å². The number of rotatable bonds is 5. The van der Waals surface area contributed by atoms with Crippen LogP contribution in [0.1, 0.15) is 27.7 Å². The maximum Gasteiger partial charge on any atom is 0.391 e. The molecule has 0 amide bonds. The Bertz CT molecular complexity index is 149. The summed E-state index contributed by atoms with van der Waals surface area (Å²) in [7, 11) is -2.60. The Kier molecular flexibility index (Phi) is 5.69. The molecule has 0 aliphatic heterocycles. The molecule has 0 aliphatic carbocycles. The van der Waals surface area contributed by atoms with Crippen molar-refractivity contribution in [2.45, 2.75) is 52.1 Å². The molecule has 0 N–H and O–H groups in total. The summed E-state index contributed by atoms with van der Waals surface area (Å²) in [6.45, 7) is 6.83. The standard InChI is InChI=1S/C8H17F3O2Si/c1-6(2)12-14(13-7(3)4)5-8(9,10)11/h6-7,14H,5H2,1-4H3. The van der Waals surface area contributed by atoms with Gasteiger partial charge < -0.3 is 8.85 Å². The topological polar surface area (TPSA) is 18.5 Å². The van der Waals surface area contributed by atoms with Crippen molar-refractivity contribution in [2.75, 3.05) is 0 Å². The van der Waals surface area contributed by atoms with Gasteiger partial charge in [0.2, 0.25) is 0 Å². The van der Waals surface area contributed by atoms with E-state index in [1.807, 2.05) is 0 Å². The molecule has 0 atom stereocenters. The van der Waals surface area contributed by atoms with Crippen molar-refractivity contribution in [1.29, 1.82) is 0 Å². The van der Waals surface area contributed by atoms with E-state index in [1.54, 1.807) is 27.7 Å². The fraction of sp³-hybridized carbons (Fsp3) is 1.00. The van der Waals surface area contributed by atoms with Crippen LogP contribution < -0.4 is 0 Å². The molecule has 86 valence electrons. The molecule has 0 saturated heterocycles. The Morgan fingerprint density at radius 3 is 1.57 bits per heavy atom. The van der Waals surface area contributed by atoms with Crippen LogP contribution in [-0.2, 0) is 8.85 Å². The molecule has 0 rings (SSSR count). The van der Waals surface area contributed by atoms with Gasteiger partial charge in [0.1, 0.15) is 0 Å². The van der Waals surface area contributed by atoms with Crippen molar-refractivity contribution in [3.63, 3.8) is 0 Å². The van der Waals surface area contributed by atoms with Crippen LogP contribution in [0.3, 0.4) is 0 Å². The Morgan fingerprint density at radius 1 is 1.00 bits per heavy atom. The second kappa shape index (κ2) is 5.72. The van der Waals surface area contributed by atoms with Gasteiger partial charge in [0.05, 0.1) is 6.04 Å². The molecule has 0 spiro atoms. The summed E-state index contributed by atoms with van der Waals surface area (Å²) >= 11 is 0. The van der Waals surface area contributed by atoms with Crippen molar-refractivity contribution in [3.8, 4) is 0 Å². The Hall–Kier alpha value is -0.0731. The van der Waals surface area contributed by atoms with Gasteiger partial charge in [-0.05, 0) is 27.7 Å². The van der Waals surface area contributed by atoms with Gasteiger partial charge in [0.15, 0.2) is 0 Å². The third kappa shape index (κ3) is 8.52. The van der Waals surface area contributed by atoms with Crippen molar-refractivity contribution in [3.05, 3.63) is 0 Å². The van der Waals surface area contributed by atoms with Crippen LogP contribution in [0.5, 0.6) is 0 Å². The van der Waals surface area contributed by atoms with E-state index in [4.69, 9.17) is 8.85 Å². The summed E-state index contributed by atoms with van der Waals surface area (Å²) in [5.41, 5.74) is 0. The summed E-state index contributed by atoms with van der Waals surface area (Å²) in [5.74, 6) is 0. The quantitative estimate of drug-likeness (QED) is 0.676. The Labute approximate surface area is 84.2 Å². The highest BCUT2D eigenvalue weighted by molar-refractivity contribution is 6.44. The lowest BCUT2D eigenvalue weighted by molar-refractivity contribution is -0.116. The molecular formula is C8H17F3O2Si. The van der Waals surface area contributed by atoms with E-state index >= 15 is 0 Å². The molecule has 0 heterocycles. The number of hydrogen-bond acceptors (Lipinski definition) is 2. The second-order valence-electron chi connectivity index (χ2n) is 3.62. The predicted octanol–water partition coefficient (Wildman–Crippen LogP) is 2.62. The second-order valence-corrected chi connectivity index (χ2v) is 5.43. The first-order valence-electron chi connectivity index (χ1n) is 4.58. The summed E-state index contributed by atoms with van der Waals surface area (Å²) in [6.07, 6.45) is -4.62. The smallest absolute Gasteiger partial charge is 0.391 e. The third-order valence-corrected chi connectivity index (χ3v) is 3.74. The highest BCUT2D eigenvalue weighted by atomic mass is 28.3. The molecule has 6 heteroatoms. The fourth-order valence-corrected chi connectivity index (χ4v) is 2.77. The van der Waals surface area contributed by atoms with E-state index in [9.17, 15) is 13.2 Å². The zero-order valence-electron chi connectivity index (χ0n) is 8.89. The molecule has 0 unspecified atom stereocenters. The largest absolute Gasteiger partial charge is 0.394 e. The van der Waals surface area contributed by atoms with Crippen LogP contribution in [0, 0.1) is 0 Å². The molecule has 0 fully saturated rings. The molecule has 0 aromatic carbocycles. The van der Waals surface area contributed by atoms with E-state index in [0.717, 1.165) is 0 Å². The average molecular weight is 230 g/mol. The van der Waals surface area contributed by atoms with Crippen LogP contribution >= 0.6 is 0 Å². The zero-order valence-corrected chi connectivity index (χ0v) is 10.0. The molecule has 2 nitrogen and oxygen atoms in total. The molecule has 0 aromatic rings. The molecule has 14 heavy (non-hydrogen) atoms. The number of alkyl halides is 3. The lowest BCUT2D eigenvalue weighted by Crippen LogP contribution is -2.33. The molecule has 0 saturated carbocycles. The van der Waals surface area contributed by atoms with Gasteiger partial charge in [0, 0.05) is 12.2 Å². The lowest BCUT2D eigenvalue weighted by atomic mass is 10.5. The van der Waals surface area contributed by atoms with Crippen molar-refractivity contribution >= 4 is 9.28 Å². The normalized spacial score (nSPS) is 13.3. The van der Waals surface area contributed by atoms with Gasteiger partial charge in [0.25, 0.3) is 0 Å². The molecule has 0 aliphatic rings. The van der Waals surface area contributed by atoms with Gasteiger partial charge >= 0.3 is 15.5 Å². The molecule has 0 bridgehead atoms. The van der Waals surface area contributed by atoms with Crippen LogP contribution in [0.4, 0.5) is 13.2 Å². The first-order chi connectivity index (χ1) is 6.20. The van der Waals surface area contributed by atoms with Gasteiger partial charge in [-0.3, -0.25) is 0 Å². The van der Waals surface area contributed by atoms with Crippen molar-refractivity contribution in [2.24, 2.45) is 0 Å². The summed E-state index contributed by atoms with van der Waals surface area (Å²) < 4.78 is 46.5. The Morgan fingerprint density at radius 2 is 1.36 bits per heavy atom. The van der Waals surface area contributed by atoms with E-state index in [0.29, 0.717) is 0 Å². The predicted molar refractivity (Wildman–Crippen MR) is 50.5 cm³/mol. The average Bonchev–Trinajstić information content (AvgIpc) is 1.77. The molecule has 0 aromatic heterocycles. The SMILES string of the molecule is CC(C)O[SiH](CC(F)(F)F)OC(C)C. The Balaban J connectivity index is 4.11. The van der Waals surface area contributed by atoms with E-state index in [2.05, 4.69) is 0 Å². The highest BCUT2D eigenvalue weighted by Gasteiger charge is 2.35. The minimum absolute atomic E-state index is 0.215. The van der Waals surface area contributed by atoms with Crippen molar-refractivity contribution < 1.29 is 22.0 Å². The van der Waals surface area contributed by atoms with Gasteiger partial charge in [-0.1, -0.05) is 0 Å². The monoisotopic (exact) mass is 230 g/mol. The van der Waals surface area contributed by atoms with Crippen LogP contribution in [0.15, 0.2) is 0 Å². The highest BCUT2D eigenvalue weighted by Crippen LogP contribution is 2.24. The van der Waals surface area contributed by atoms with Gasteiger partial charge in [-0.2, -0.15) is 13.2 Å². The van der Waals surface area contributed by atoms with Gasteiger partial charge in [-0.15, -0.1) is 0 Å². The lowest BCUT2D eigenvalue weighted by Gasteiger charge is -2.22. The first-order valence-corrected chi connectivity index (χ1v) is 6.34. The zero-order chi connectivity index (χ0) is 11.4. The van der Waals surface area contributed by atoms with Gasteiger partial charge in [-0.25, -0.2) is 0 Å². The van der Waals surface area contributed by atoms with Crippen molar-refractivity contribution in [1.82, 2.24) is 0 Å². The maximum atomic E-state index is 12.1. The first kappa shape index (κ1) is 13.9. The summed E-state index contributed by atoms with van der Waals surface area (Å²) in [6, 6.07) is -0.927. The summed E-state index contributed by atoms with van der Waals surface area (Å²) in [5, 5.41) is 0. The maximum absolute atomic E-state index is 12.1. The van der Waals surface area contributed by atoms with Crippen LogP contribution in [0.2, 0.25) is 6.04 Å². The summed E-state index contributed by atoms with van der Waals surface area (Å²) in [4.78, 5) is 0. The molecule has 0 radical (unpaired) electrons. The fourth-order valence-electron chi connectivity index (χ4n) is 0.924. The number of hydrogen-bond donors (Lipinski definition) is 0. The molecular weight excluding hydrogens is 213 g/mol. The minimum Gasteiger partial charge on any atom is -0.394 e. The van der Waals surface area contributed by atoms with E-state index in [-0.39, 0.29) is 12.2 Å². The number of halogens is 3.